The van der Waals surface area contributed by atoms with E-state index in [0.29, 0.717) is 0 Å². The van der Waals surface area contributed by atoms with Crippen molar-refractivity contribution in [2.24, 2.45) is 5.73 Å². The zero-order valence-corrected chi connectivity index (χ0v) is 7.62. The number of hydrogen-bond donors (Lipinski definition) is 4. The summed E-state index contributed by atoms with van der Waals surface area (Å²) in [6.07, 6.45) is 0.102. The molecule has 0 saturated heterocycles. The highest BCUT2D eigenvalue weighted by Crippen LogP contribution is 1.86. The Hall–Kier alpha value is -0.700. The molecular formula is C5H12N2O5S. The van der Waals surface area contributed by atoms with Crippen LogP contribution in [-0.2, 0) is 14.9 Å². The largest absolute Gasteiger partial charge is 0.480 e. The van der Waals surface area contributed by atoms with Gasteiger partial charge in [0.05, 0.1) is 0 Å². The summed E-state index contributed by atoms with van der Waals surface area (Å²) in [5, 5.41) is 10.7. The maximum absolute atomic E-state index is 10.2. The summed E-state index contributed by atoms with van der Waals surface area (Å²) in [7, 11) is -4.04. The summed E-state index contributed by atoms with van der Waals surface area (Å²) < 4.78 is 28.6. The van der Waals surface area contributed by atoms with Crippen LogP contribution in [0.2, 0.25) is 0 Å². The van der Waals surface area contributed by atoms with Gasteiger partial charge in [-0.15, -0.1) is 0 Å². The van der Waals surface area contributed by atoms with Crippen molar-refractivity contribution >= 4 is 16.1 Å². The van der Waals surface area contributed by atoms with Gasteiger partial charge in [-0.2, -0.15) is 8.42 Å². The maximum atomic E-state index is 10.2. The van der Waals surface area contributed by atoms with Crippen molar-refractivity contribution in [2.75, 3.05) is 12.4 Å². The molecule has 0 unspecified atom stereocenters. The fourth-order valence-electron chi connectivity index (χ4n) is 0.582. The Kier molecular flexibility index (Phi) is 4.85. The Balaban J connectivity index is 3.53. The van der Waals surface area contributed by atoms with Gasteiger partial charge in [0.25, 0.3) is 10.1 Å². The van der Waals surface area contributed by atoms with Crippen LogP contribution in [0.5, 0.6) is 0 Å². The molecule has 0 aliphatic rings. The number of carbonyl (C=O) groups is 1. The van der Waals surface area contributed by atoms with E-state index in [4.69, 9.17) is 15.4 Å². The van der Waals surface area contributed by atoms with Gasteiger partial charge in [0, 0.05) is 0 Å². The van der Waals surface area contributed by atoms with Gasteiger partial charge in [0.2, 0.25) is 0 Å². The zero-order valence-electron chi connectivity index (χ0n) is 6.80. The second kappa shape index (κ2) is 5.12. The van der Waals surface area contributed by atoms with Crippen molar-refractivity contribution in [3.05, 3.63) is 0 Å². The van der Waals surface area contributed by atoms with E-state index in [-0.39, 0.29) is 13.0 Å². The van der Waals surface area contributed by atoms with Crippen LogP contribution in [0.15, 0.2) is 0 Å². The molecule has 0 amide bonds. The van der Waals surface area contributed by atoms with Crippen LogP contribution in [0.25, 0.3) is 0 Å². The molecule has 78 valence electrons. The van der Waals surface area contributed by atoms with Crippen molar-refractivity contribution in [3.63, 3.8) is 0 Å². The molecule has 0 aromatic rings. The van der Waals surface area contributed by atoms with Crippen LogP contribution >= 0.6 is 0 Å². The molecule has 1 atom stereocenters. The van der Waals surface area contributed by atoms with Gasteiger partial charge in [-0.1, -0.05) is 0 Å². The highest BCUT2D eigenvalue weighted by Gasteiger charge is 2.10. The van der Waals surface area contributed by atoms with Gasteiger partial charge in [-0.05, 0) is 13.0 Å². The van der Waals surface area contributed by atoms with Crippen molar-refractivity contribution < 1.29 is 22.9 Å². The number of aliphatic carboxylic acids is 1. The lowest BCUT2D eigenvalue weighted by atomic mass is 10.2. The first-order valence-corrected chi connectivity index (χ1v) is 5.08. The lowest BCUT2D eigenvalue weighted by Crippen LogP contribution is -2.34. The van der Waals surface area contributed by atoms with Crippen LogP contribution in [-0.4, -0.2) is 42.5 Å². The molecule has 7 nitrogen and oxygen atoms in total. The summed E-state index contributed by atoms with van der Waals surface area (Å²) in [6, 6.07) is -1.02. The van der Waals surface area contributed by atoms with E-state index in [9.17, 15) is 13.2 Å². The van der Waals surface area contributed by atoms with Crippen molar-refractivity contribution in [3.8, 4) is 0 Å². The Morgan fingerprint density at radius 3 is 2.46 bits per heavy atom. The molecule has 0 radical (unpaired) electrons. The van der Waals surface area contributed by atoms with E-state index in [1.54, 1.807) is 0 Å². The summed E-state index contributed by atoms with van der Waals surface area (Å²) in [6.45, 7) is 0.118. The Morgan fingerprint density at radius 1 is 1.54 bits per heavy atom. The van der Waals surface area contributed by atoms with Crippen LogP contribution in [0, 0.1) is 0 Å². The number of carboxylic acids is 1. The molecule has 0 fully saturated rings. The molecule has 0 aromatic carbocycles. The lowest BCUT2D eigenvalue weighted by Gasteiger charge is -2.05. The molecule has 0 heterocycles. The molecule has 0 spiro atoms. The summed E-state index contributed by atoms with van der Waals surface area (Å²) in [5.41, 5.74) is 5.11. The Labute approximate surface area is 75.7 Å². The zero-order chi connectivity index (χ0) is 10.5. The Morgan fingerprint density at radius 2 is 2.08 bits per heavy atom. The molecule has 0 aliphatic heterocycles. The molecule has 13 heavy (non-hydrogen) atoms. The molecule has 0 saturated carbocycles. The number of nitrogens with one attached hydrogen (secondary N) is 1. The first kappa shape index (κ1) is 12.3. The molecule has 0 aromatic heterocycles. The molecule has 0 bridgehead atoms. The van der Waals surface area contributed by atoms with E-state index in [1.807, 2.05) is 0 Å². The minimum atomic E-state index is -4.04. The number of carboxylic acid groups (broad SMARTS) is 1. The summed E-state index contributed by atoms with van der Waals surface area (Å²) >= 11 is 0. The normalized spacial score (nSPS) is 14.0. The van der Waals surface area contributed by atoms with E-state index in [1.165, 1.54) is 0 Å². The van der Waals surface area contributed by atoms with Gasteiger partial charge in [-0.25, -0.2) is 0 Å². The molecule has 0 rings (SSSR count). The SMILES string of the molecule is N[C@@H](CCNCS(=O)(=O)O)C(=O)O. The van der Waals surface area contributed by atoms with Crippen molar-refractivity contribution in [1.82, 2.24) is 5.32 Å². The molecule has 0 aliphatic carbocycles. The van der Waals surface area contributed by atoms with E-state index < -0.39 is 28.0 Å². The fourth-order valence-corrected chi connectivity index (χ4v) is 0.984. The Bertz CT molecular complexity index is 262. The monoisotopic (exact) mass is 212 g/mol. The average molecular weight is 212 g/mol. The molecule has 5 N–H and O–H groups in total. The minimum absolute atomic E-state index is 0.102. The van der Waals surface area contributed by atoms with Gasteiger partial charge < -0.3 is 16.2 Å². The smallest absolute Gasteiger partial charge is 0.320 e. The van der Waals surface area contributed by atoms with Crippen molar-refractivity contribution in [2.45, 2.75) is 12.5 Å². The van der Waals surface area contributed by atoms with E-state index in [0.717, 1.165) is 0 Å². The van der Waals surface area contributed by atoms with Crippen LogP contribution in [0.1, 0.15) is 6.42 Å². The van der Waals surface area contributed by atoms with Crippen LogP contribution in [0.3, 0.4) is 0 Å². The predicted octanol–water partition coefficient (Wildman–Crippen LogP) is -1.78. The van der Waals surface area contributed by atoms with Gasteiger partial charge in [-0.3, -0.25) is 9.35 Å². The van der Waals surface area contributed by atoms with Crippen LogP contribution in [0.4, 0.5) is 0 Å². The third-order valence-corrected chi connectivity index (χ3v) is 1.80. The van der Waals surface area contributed by atoms with E-state index >= 15 is 0 Å². The maximum Gasteiger partial charge on any atom is 0.320 e. The number of nitrogens with two attached hydrogens (primary N) is 1. The minimum Gasteiger partial charge on any atom is -0.480 e. The number of rotatable bonds is 6. The van der Waals surface area contributed by atoms with Crippen LogP contribution < -0.4 is 11.1 Å². The topological polar surface area (TPSA) is 130 Å². The fraction of sp³-hybridized carbons (Fsp3) is 0.800. The first-order valence-electron chi connectivity index (χ1n) is 3.47. The second-order valence-corrected chi connectivity index (χ2v) is 3.91. The van der Waals surface area contributed by atoms with Crippen molar-refractivity contribution in [1.29, 1.82) is 0 Å². The van der Waals surface area contributed by atoms with Gasteiger partial charge >= 0.3 is 5.97 Å². The molecule has 8 heteroatoms. The summed E-state index contributed by atoms with van der Waals surface area (Å²) in [4.78, 5) is 10.2. The van der Waals surface area contributed by atoms with Gasteiger partial charge in [0.15, 0.2) is 0 Å². The highest BCUT2D eigenvalue weighted by atomic mass is 32.2. The third-order valence-electron chi connectivity index (χ3n) is 1.23. The van der Waals surface area contributed by atoms with E-state index in [2.05, 4.69) is 5.32 Å². The standard InChI is InChI=1S/C5H12N2O5S/c6-4(5(8)9)1-2-7-3-13(10,11)12/h4,7H,1-3,6H2,(H,8,9)(H,10,11,12)/t4-/m0/s1. The highest BCUT2D eigenvalue weighted by molar-refractivity contribution is 7.85. The lowest BCUT2D eigenvalue weighted by molar-refractivity contribution is -0.138. The first-order chi connectivity index (χ1) is 5.83. The number of hydrogen-bond acceptors (Lipinski definition) is 5. The average Bonchev–Trinajstić information content (AvgIpc) is 1.95. The molecular weight excluding hydrogens is 200 g/mol. The predicted molar refractivity (Wildman–Crippen MR) is 44.6 cm³/mol. The van der Waals surface area contributed by atoms with Gasteiger partial charge in [0.1, 0.15) is 11.9 Å². The quantitative estimate of drug-likeness (QED) is 0.302. The third kappa shape index (κ3) is 7.65. The summed E-state index contributed by atoms with van der Waals surface area (Å²) in [5.74, 6) is -1.74. The second-order valence-electron chi connectivity index (χ2n) is 2.46.